The van der Waals surface area contributed by atoms with Gasteiger partial charge in [0.25, 0.3) is 0 Å². The molecule has 1 aromatic carbocycles. The monoisotopic (exact) mass is 435 g/mol. The number of allylic oxidation sites excluding steroid dienone is 1. The van der Waals surface area contributed by atoms with Crippen LogP contribution < -0.4 is 10.6 Å². The highest BCUT2D eigenvalue weighted by atomic mass is 79.9. The van der Waals surface area contributed by atoms with E-state index in [0.29, 0.717) is 5.92 Å². The van der Waals surface area contributed by atoms with E-state index in [9.17, 15) is 0 Å². The van der Waals surface area contributed by atoms with E-state index in [1.165, 1.54) is 5.57 Å². The number of benzene rings is 1. The highest BCUT2D eigenvalue weighted by Crippen LogP contribution is 2.26. The molecule has 3 heterocycles. The smallest absolute Gasteiger partial charge is 0.172 e. The molecule has 1 aliphatic heterocycles. The molecule has 1 aliphatic rings. The molecule has 0 saturated carbocycles. The zero-order valence-corrected chi connectivity index (χ0v) is 17.1. The van der Waals surface area contributed by atoms with Crippen molar-refractivity contribution in [1.82, 2.24) is 19.9 Å². The van der Waals surface area contributed by atoms with E-state index in [0.717, 1.165) is 46.7 Å². The number of fused-ring (bicyclic) bond motifs is 1. The average molecular weight is 436 g/mol. The summed E-state index contributed by atoms with van der Waals surface area (Å²) >= 11 is 3.56. The first-order chi connectivity index (χ1) is 13.7. The van der Waals surface area contributed by atoms with Crippen molar-refractivity contribution in [3.63, 3.8) is 0 Å². The molecule has 1 unspecified atom stereocenters. The predicted octanol–water partition coefficient (Wildman–Crippen LogP) is 4.81. The van der Waals surface area contributed by atoms with Gasteiger partial charge in [-0.3, -0.25) is 0 Å². The minimum absolute atomic E-state index is 0.347. The molecule has 0 amide bonds. The van der Waals surface area contributed by atoms with Gasteiger partial charge in [0, 0.05) is 24.7 Å². The third-order valence-electron chi connectivity index (χ3n) is 4.68. The van der Waals surface area contributed by atoms with Crippen LogP contribution >= 0.6 is 15.9 Å². The summed E-state index contributed by atoms with van der Waals surface area (Å²) in [5.41, 5.74) is 4.09. The second-order valence-corrected chi connectivity index (χ2v) is 7.60. The molecule has 0 fully saturated rings. The van der Waals surface area contributed by atoms with E-state index >= 15 is 0 Å². The molecule has 0 saturated heterocycles. The molecule has 2 aromatic heterocycles. The summed E-state index contributed by atoms with van der Waals surface area (Å²) in [5, 5.41) is 11.3. The van der Waals surface area contributed by atoms with Crippen molar-refractivity contribution in [2.24, 2.45) is 5.92 Å². The lowest BCUT2D eigenvalue weighted by Gasteiger charge is -2.16. The maximum Gasteiger partial charge on any atom is 0.172 e. The van der Waals surface area contributed by atoms with Crippen molar-refractivity contribution in [2.45, 2.75) is 6.42 Å². The molecule has 2 N–H and O–H groups in total. The Bertz CT molecular complexity index is 1040. The molecule has 3 aromatic rings. The van der Waals surface area contributed by atoms with Gasteiger partial charge < -0.3 is 10.6 Å². The minimum Gasteiger partial charge on any atom is -0.387 e. The highest BCUT2D eigenvalue weighted by Gasteiger charge is 2.13. The van der Waals surface area contributed by atoms with Crippen LogP contribution in [-0.2, 0) is 0 Å². The molecule has 0 spiro atoms. The van der Waals surface area contributed by atoms with Gasteiger partial charge in [0.1, 0.15) is 5.82 Å². The van der Waals surface area contributed by atoms with Crippen LogP contribution in [0.4, 0.5) is 5.82 Å². The van der Waals surface area contributed by atoms with Crippen LogP contribution in [0.3, 0.4) is 0 Å². The first-order valence-corrected chi connectivity index (χ1v) is 10.1. The molecule has 5 nitrogen and oxygen atoms in total. The van der Waals surface area contributed by atoms with E-state index in [1.54, 1.807) is 6.20 Å². The molecule has 1 atom stereocenters. The maximum atomic E-state index is 4.78. The highest BCUT2D eigenvalue weighted by molar-refractivity contribution is 9.10. The van der Waals surface area contributed by atoms with Crippen LogP contribution in [-0.4, -0.2) is 27.7 Å². The number of nitrogens with one attached hydrogen (secondary N) is 2. The van der Waals surface area contributed by atoms with Crippen molar-refractivity contribution >= 4 is 27.4 Å². The van der Waals surface area contributed by atoms with E-state index < -0.39 is 0 Å². The maximum absolute atomic E-state index is 4.78. The Balaban J connectivity index is 1.64. The molecule has 0 bridgehead atoms. The Labute approximate surface area is 173 Å². The largest absolute Gasteiger partial charge is 0.387 e. The molecule has 6 heteroatoms. The number of nitrogens with zero attached hydrogens (tertiary/aromatic N) is 3. The third-order valence-corrected chi connectivity index (χ3v) is 5.24. The Hall–Kier alpha value is -2.86. The lowest BCUT2D eigenvalue weighted by atomic mass is 10.0. The summed E-state index contributed by atoms with van der Waals surface area (Å²) in [4.78, 5) is 4.78. The summed E-state index contributed by atoms with van der Waals surface area (Å²) < 4.78 is 2.71. The van der Waals surface area contributed by atoms with Gasteiger partial charge in [0.05, 0.1) is 16.4 Å². The van der Waals surface area contributed by atoms with Crippen LogP contribution in [0.5, 0.6) is 0 Å². The second kappa shape index (κ2) is 8.44. The molecule has 0 aliphatic carbocycles. The fourth-order valence-electron chi connectivity index (χ4n) is 3.30. The average Bonchev–Trinajstić information content (AvgIpc) is 3.37. The standard InChI is InChI=1S/C22H22BrN5/c1-2-6-16(11-17-9-10-24-13-17)14-25-21-12-20(18-7-4-3-5-8-18)27-22-19(23)15-26-28(21)22/h2-5,7-12,15-16,24-25H,1,6,13-14H2/b17-11-. The molecular weight excluding hydrogens is 414 g/mol. The van der Waals surface area contributed by atoms with E-state index in [-0.39, 0.29) is 0 Å². The first kappa shape index (κ1) is 18.5. The number of rotatable bonds is 7. The topological polar surface area (TPSA) is 54.2 Å². The van der Waals surface area contributed by atoms with Crippen molar-refractivity contribution in [1.29, 1.82) is 0 Å². The van der Waals surface area contributed by atoms with Crippen LogP contribution in [0.25, 0.3) is 16.9 Å². The van der Waals surface area contributed by atoms with Crippen molar-refractivity contribution in [2.75, 3.05) is 18.4 Å². The van der Waals surface area contributed by atoms with Gasteiger partial charge in [0.2, 0.25) is 0 Å². The zero-order valence-electron chi connectivity index (χ0n) is 15.5. The summed E-state index contributed by atoms with van der Waals surface area (Å²) in [7, 11) is 0. The Morgan fingerprint density at radius 3 is 2.93 bits per heavy atom. The van der Waals surface area contributed by atoms with E-state index in [2.05, 4.69) is 68.6 Å². The fraction of sp³-hybridized carbons (Fsp3) is 0.182. The quantitative estimate of drug-likeness (QED) is 0.523. The summed E-state index contributed by atoms with van der Waals surface area (Å²) in [5.74, 6) is 1.27. The van der Waals surface area contributed by atoms with Crippen molar-refractivity contribution in [3.05, 3.63) is 83.6 Å². The molecule has 28 heavy (non-hydrogen) atoms. The predicted molar refractivity (Wildman–Crippen MR) is 118 cm³/mol. The lowest BCUT2D eigenvalue weighted by molar-refractivity contribution is 0.689. The van der Waals surface area contributed by atoms with Crippen molar-refractivity contribution in [3.8, 4) is 11.3 Å². The van der Waals surface area contributed by atoms with E-state index in [4.69, 9.17) is 4.98 Å². The van der Waals surface area contributed by atoms with Gasteiger partial charge in [-0.15, -0.1) is 6.58 Å². The number of anilines is 1. The van der Waals surface area contributed by atoms with Crippen LogP contribution in [0.2, 0.25) is 0 Å². The minimum atomic E-state index is 0.347. The number of hydrogen-bond acceptors (Lipinski definition) is 4. The Morgan fingerprint density at radius 2 is 2.18 bits per heavy atom. The number of halogens is 1. The first-order valence-electron chi connectivity index (χ1n) is 9.29. The molecular formula is C22H22BrN5. The molecule has 0 radical (unpaired) electrons. The van der Waals surface area contributed by atoms with Crippen LogP contribution in [0.1, 0.15) is 6.42 Å². The summed E-state index contributed by atoms with van der Waals surface area (Å²) in [6.07, 6.45) is 11.1. The van der Waals surface area contributed by atoms with Gasteiger partial charge in [-0.05, 0) is 46.1 Å². The van der Waals surface area contributed by atoms with Gasteiger partial charge in [-0.25, -0.2) is 4.98 Å². The SMILES string of the molecule is C=CCC(/C=C1/C=CNC1)CNc1cc(-c2ccccc2)nc2c(Br)cnn12. The third kappa shape index (κ3) is 4.02. The van der Waals surface area contributed by atoms with Crippen LogP contribution in [0.15, 0.2) is 83.6 Å². The fourth-order valence-corrected chi connectivity index (χ4v) is 3.65. The van der Waals surface area contributed by atoms with Gasteiger partial charge in [0.15, 0.2) is 5.65 Å². The second-order valence-electron chi connectivity index (χ2n) is 6.74. The zero-order chi connectivity index (χ0) is 19.3. The van der Waals surface area contributed by atoms with Gasteiger partial charge in [-0.2, -0.15) is 9.61 Å². The Kier molecular flexibility index (Phi) is 5.58. The summed E-state index contributed by atoms with van der Waals surface area (Å²) in [6.45, 7) is 5.58. The Morgan fingerprint density at radius 1 is 1.32 bits per heavy atom. The van der Waals surface area contributed by atoms with Gasteiger partial charge >= 0.3 is 0 Å². The lowest BCUT2D eigenvalue weighted by Crippen LogP contribution is -2.15. The van der Waals surface area contributed by atoms with Crippen molar-refractivity contribution < 1.29 is 0 Å². The van der Waals surface area contributed by atoms with Gasteiger partial charge in [-0.1, -0.05) is 42.5 Å². The summed E-state index contributed by atoms with van der Waals surface area (Å²) in [6, 6.07) is 12.2. The normalized spacial score (nSPS) is 15.7. The number of aromatic nitrogens is 3. The number of hydrogen-bond donors (Lipinski definition) is 2. The van der Waals surface area contributed by atoms with E-state index in [1.807, 2.05) is 35.0 Å². The van der Waals surface area contributed by atoms with Crippen LogP contribution in [0, 0.1) is 5.92 Å². The molecule has 4 rings (SSSR count). The molecule has 142 valence electrons.